The van der Waals surface area contributed by atoms with Crippen molar-refractivity contribution in [2.45, 2.75) is 0 Å². The molecule has 0 radical (unpaired) electrons. The first-order chi connectivity index (χ1) is 10.3. The van der Waals surface area contributed by atoms with Crippen molar-refractivity contribution >= 4 is 34.0 Å². The highest BCUT2D eigenvalue weighted by Crippen LogP contribution is 2.18. The molecule has 1 aliphatic rings. The Kier molecular flexibility index (Phi) is 4.13. The summed E-state index contributed by atoms with van der Waals surface area (Å²) in [7, 11) is 0. The number of fused-ring (bicyclic) bond motifs is 1. The molecule has 0 atom stereocenters. The van der Waals surface area contributed by atoms with Crippen LogP contribution in [0.5, 0.6) is 0 Å². The van der Waals surface area contributed by atoms with E-state index in [2.05, 4.69) is 5.32 Å². The highest BCUT2D eigenvalue weighted by Gasteiger charge is 2.17. The van der Waals surface area contributed by atoms with E-state index in [1.807, 2.05) is 47.4 Å². The number of amides is 1. The first-order valence-electron chi connectivity index (χ1n) is 6.91. The Morgan fingerprint density at radius 2 is 1.81 bits per heavy atom. The van der Waals surface area contributed by atoms with Gasteiger partial charge in [-0.05, 0) is 29.1 Å². The van der Waals surface area contributed by atoms with Gasteiger partial charge in [-0.15, -0.1) is 0 Å². The maximum absolute atomic E-state index is 12.5. The summed E-state index contributed by atoms with van der Waals surface area (Å²) in [5, 5.41) is 5.27. The summed E-state index contributed by atoms with van der Waals surface area (Å²) in [5.41, 5.74) is 0.642. The summed E-state index contributed by atoms with van der Waals surface area (Å²) in [4.78, 5) is 14.4. The maximum atomic E-state index is 12.5. The van der Waals surface area contributed by atoms with E-state index in [1.54, 1.807) is 0 Å². The Hall–Kier alpha value is -1.98. The summed E-state index contributed by atoms with van der Waals surface area (Å²) >= 11 is 5.31. The highest BCUT2D eigenvalue weighted by molar-refractivity contribution is 7.80. The summed E-state index contributed by atoms with van der Waals surface area (Å²) < 4.78 is 5.28. The Bertz CT molecular complexity index is 676. The SMILES string of the molecule is O=C(NC(=S)N1CCOCC1)c1cccc2ccccc12. The number of ether oxygens (including phenoxy) is 1. The van der Waals surface area contributed by atoms with Crippen LogP contribution in [-0.4, -0.2) is 42.2 Å². The van der Waals surface area contributed by atoms with E-state index in [4.69, 9.17) is 17.0 Å². The molecule has 1 amide bonds. The first kappa shape index (κ1) is 14.0. The van der Waals surface area contributed by atoms with Gasteiger partial charge in [0.15, 0.2) is 5.11 Å². The number of nitrogens with zero attached hydrogens (tertiary/aromatic N) is 1. The zero-order valence-corrected chi connectivity index (χ0v) is 12.4. The third-order valence-electron chi connectivity index (χ3n) is 3.55. The zero-order valence-electron chi connectivity index (χ0n) is 11.5. The summed E-state index contributed by atoms with van der Waals surface area (Å²) in [5.74, 6) is -0.164. The smallest absolute Gasteiger partial charge is 0.258 e. The minimum atomic E-state index is -0.164. The molecule has 4 nitrogen and oxygen atoms in total. The number of benzene rings is 2. The molecule has 0 unspecified atom stereocenters. The van der Waals surface area contributed by atoms with Crippen molar-refractivity contribution in [1.29, 1.82) is 0 Å². The van der Waals surface area contributed by atoms with E-state index in [0.717, 1.165) is 10.8 Å². The second kappa shape index (κ2) is 6.20. The van der Waals surface area contributed by atoms with Gasteiger partial charge in [0.25, 0.3) is 5.91 Å². The Balaban J connectivity index is 1.79. The third-order valence-corrected chi connectivity index (χ3v) is 3.91. The van der Waals surface area contributed by atoms with Crippen LogP contribution >= 0.6 is 12.2 Å². The van der Waals surface area contributed by atoms with E-state index < -0.39 is 0 Å². The van der Waals surface area contributed by atoms with Crippen molar-refractivity contribution in [1.82, 2.24) is 10.2 Å². The van der Waals surface area contributed by atoms with Crippen LogP contribution in [0.2, 0.25) is 0 Å². The lowest BCUT2D eigenvalue weighted by Crippen LogP contribution is -2.47. The number of hydrogen-bond acceptors (Lipinski definition) is 3. The van der Waals surface area contributed by atoms with Gasteiger partial charge in [0, 0.05) is 18.7 Å². The van der Waals surface area contributed by atoms with Crippen LogP contribution in [0.3, 0.4) is 0 Å². The van der Waals surface area contributed by atoms with Gasteiger partial charge < -0.3 is 9.64 Å². The number of nitrogens with one attached hydrogen (secondary N) is 1. The van der Waals surface area contributed by atoms with Crippen molar-refractivity contribution < 1.29 is 9.53 Å². The number of morpholine rings is 1. The van der Waals surface area contributed by atoms with Crippen molar-refractivity contribution in [3.05, 3.63) is 48.0 Å². The number of thiocarbonyl (C=S) groups is 1. The molecule has 5 heteroatoms. The molecule has 3 rings (SSSR count). The number of carbonyl (C=O) groups excluding carboxylic acids is 1. The molecule has 0 saturated carbocycles. The minimum Gasteiger partial charge on any atom is -0.378 e. The van der Waals surface area contributed by atoms with Gasteiger partial charge >= 0.3 is 0 Å². The van der Waals surface area contributed by atoms with E-state index >= 15 is 0 Å². The van der Waals surface area contributed by atoms with Gasteiger partial charge in [-0.25, -0.2) is 0 Å². The molecule has 0 aromatic heterocycles. The van der Waals surface area contributed by atoms with Gasteiger partial charge in [-0.3, -0.25) is 10.1 Å². The molecule has 1 heterocycles. The fraction of sp³-hybridized carbons (Fsp3) is 0.250. The summed E-state index contributed by atoms with van der Waals surface area (Å²) in [6, 6.07) is 13.5. The van der Waals surface area contributed by atoms with Crippen LogP contribution in [0.1, 0.15) is 10.4 Å². The lowest BCUT2D eigenvalue weighted by molar-refractivity contribution is 0.0669. The van der Waals surface area contributed by atoms with Gasteiger partial charge in [-0.1, -0.05) is 36.4 Å². The van der Waals surface area contributed by atoms with Gasteiger partial charge in [0.05, 0.1) is 13.2 Å². The van der Waals surface area contributed by atoms with E-state index in [9.17, 15) is 4.79 Å². The zero-order chi connectivity index (χ0) is 14.7. The highest BCUT2D eigenvalue weighted by atomic mass is 32.1. The third kappa shape index (κ3) is 3.04. The molecular formula is C16H16N2O2S. The molecular weight excluding hydrogens is 284 g/mol. The second-order valence-corrected chi connectivity index (χ2v) is 5.27. The Labute approximate surface area is 128 Å². The average Bonchev–Trinajstić information content (AvgIpc) is 2.55. The largest absolute Gasteiger partial charge is 0.378 e. The fourth-order valence-electron chi connectivity index (χ4n) is 2.43. The van der Waals surface area contributed by atoms with Gasteiger partial charge in [0.2, 0.25) is 0 Å². The van der Waals surface area contributed by atoms with Crippen LogP contribution in [0.4, 0.5) is 0 Å². The lowest BCUT2D eigenvalue weighted by atomic mass is 10.0. The van der Waals surface area contributed by atoms with E-state index in [1.165, 1.54) is 0 Å². The Morgan fingerprint density at radius 3 is 2.62 bits per heavy atom. The predicted molar refractivity (Wildman–Crippen MR) is 86.4 cm³/mol. The lowest BCUT2D eigenvalue weighted by Gasteiger charge is -2.29. The number of rotatable bonds is 1. The molecule has 2 aromatic carbocycles. The first-order valence-corrected chi connectivity index (χ1v) is 7.32. The van der Waals surface area contributed by atoms with Crippen LogP contribution in [0.25, 0.3) is 10.8 Å². The summed E-state index contributed by atoms with van der Waals surface area (Å²) in [6.45, 7) is 2.72. The molecule has 108 valence electrons. The normalized spacial score (nSPS) is 15.0. The molecule has 2 aromatic rings. The fourth-order valence-corrected chi connectivity index (χ4v) is 2.71. The molecule has 1 fully saturated rings. The molecule has 0 bridgehead atoms. The van der Waals surface area contributed by atoms with Crippen molar-refractivity contribution in [3.63, 3.8) is 0 Å². The maximum Gasteiger partial charge on any atom is 0.258 e. The van der Waals surface area contributed by atoms with Crippen molar-refractivity contribution in [3.8, 4) is 0 Å². The standard InChI is InChI=1S/C16H16N2O2S/c19-15(17-16(21)18-8-10-20-11-9-18)14-7-3-5-12-4-1-2-6-13(12)14/h1-7H,8-11H2,(H,17,19,21). The van der Waals surface area contributed by atoms with Crippen LogP contribution in [-0.2, 0) is 4.74 Å². The van der Waals surface area contributed by atoms with Crippen molar-refractivity contribution in [2.75, 3.05) is 26.3 Å². The molecule has 1 aliphatic heterocycles. The number of hydrogen-bond donors (Lipinski definition) is 1. The van der Waals surface area contributed by atoms with Crippen LogP contribution in [0, 0.1) is 0 Å². The monoisotopic (exact) mass is 300 g/mol. The minimum absolute atomic E-state index is 0.164. The van der Waals surface area contributed by atoms with Crippen molar-refractivity contribution in [2.24, 2.45) is 0 Å². The summed E-state index contributed by atoms with van der Waals surface area (Å²) in [6.07, 6.45) is 0. The molecule has 0 aliphatic carbocycles. The topological polar surface area (TPSA) is 41.6 Å². The van der Waals surface area contributed by atoms with Crippen LogP contribution < -0.4 is 5.32 Å². The van der Waals surface area contributed by atoms with E-state index in [-0.39, 0.29) is 5.91 Å². The quantitative estimate of drug-likeness (QED) is 0.820. The molecule has 1 saturated heterocycles. The van der Waals surface area contributed by atoms with E-state index in [0.29, 0.717) is 37.0 Å². The van der Waals surface area contributed by atoms with Gasteiger partial charge in [-0.2, -0.15) is 0 Å². The number of carbonyl (C=O) groups is 1. The van der Waals surface area contributed by atoms with Gasteiger partial charge in [0.1, 0.15) is 0 Å². The predicted octanol–water partition coefficient (Wildman–Crippen LogP) is 2.19. The average molecular weight is 300 g/mol. The Morgan fingerprint density at radius 1 is 1.10 bits per heavy atom. The molecule has 1 N–H and O–H groups in total. The second-order valence-electron chi connectivity index (χ2n) is 4.89. The molecule has 0 spiro atoms. The van der Waals surface area contributed by atoms with Crippen LogP contribution in [0.15, 0.2) is 42.5 Å². The molecule has 21 heavy (non-hydrogen) atoms.